The Kier molecular flexibility index (Phi) is 6.92. The number of hydrogen-bond acceptors (Lipinski definition) is 5. The van der Waals surface area contributed by atoms with E-state index in [2.05, 4.69) is 10.7 Å². The van der Waals surface area contributed by atoms with Gasteiger partial charge in [0, 0.05) is 26.7 Å². The van der Waals surface area contributed by atoms with Crippen molar-refractivity contribution in [3.05, 3.63) is 29.6 Å². The van der Waals surface area contributed by atoms with Crippen molar-refractivity contribution in [2.24, 2.45) is 5.84 Å². The molecule has 1 amide bonds. The van der Waals surface area contributed by atoms with Crippen LogP contribution in [0, 0.1) is 5.82 Å². The highest BCUT2D eigenvalue weighted by Gasteiger charge is 2.13. The van der Waals surface area contributed by atoms with Gasteiger partial charge in [0.15, 0.2) is 0 Å². The monoisotopic (exact) mass is 284 g/mol. The molecule has 0 saturated carbocycles. The summed E-state index contributed by atoms with van der Waals surface area (Å²) >= 11 is 0. The summed E-state index contributed by atoms with van der Waals surface area (Å²) in [6, 6.07) is 4.22. The van der Waals surface area contributed by atoms with Crippen LogP contribution in [-0.2, 0) is 4.74 Å². The second-order valence-electron chi connectivity index (χ2n) is 4.36. The molecule has 0 radical (unpaired) electrons. The van der Waals surface area contributed by atoms with Crippen molar-refractivity contribution in [1.29, 1.82) is 0 Å². The summed E-state index contributed by atoms with van der Waals surface area (Å²) in [5.41, 5.74) is 2.39. The third-order valence-corrected chi connectivity index (χ3v) is 2.86. The van der Waals surface area contributed by atoms with Gasteiger partial charge in [-0.2, -0.15) is 0 Å². The van der Waals surface area contributed by atoms with Crippen LogP contribution in [0.25, 0.3) is 0 Å². The maximum absolute atomic E-state index is 13.5. The van der Waals surface area contributed by atoms with Crippen LogP contribution in [0.15, 0.2) is 18.2 Å². The average molecular weight is 284 g/mol. The minimum Gasteiger partial charge on any atom is -0.383 e. The SMILES string of the molecule is COCCN(C)CCNC(=O)c1cccc(F)c1NN. The van der Waals surface area contributed by atoms with Crippen molar-refractivity contribution in [1.82, 2.24) is 10.2 Å². The number of ether oxygens (including phenoxy) is 1. The molecule has 0 heterocycles. The van der Waals surface area contributed by atoms with E-state index in [-0.39, 0.29) is 17.2 Å². The van der Waals surface area contributed by atoms with E-state index in [0.29, 0.717) is 19.7 Å². The molecule has 6 nitrogen and oxygen atoms in total. The van der Waals surface area contributed by atoms with E-state index in [0.717, 1.165) is 6.54 Å². The van der Waals surface area contributed by atoms with Crippen LogP contribution in [0.2, 0.25) is 0 Å². The fourth-order valence-corrected chi connectivity index (χ4v) is 1.67. The zero-order valence-electron chi connectivity index (χ0n) is 11.8. The normalized spacial score (nSPS) is 10.7. The van der Waals surface area contributed by atoms with Gasteiger partial charge in [-0.05, 0) is 19.2 Å². The molecule has 0 atom stereocenters. The first kappa shape index (κ1) is 16.4. The van der Waals surface area contributed by atoms with Crippen LogP contribution in [0.4, 0.5) is 10.1 Å². The number of carbonyl (C=O) groups excluding carboxylic acids is 1. The van der Waals surface area contributed by atoms with E-state index < -0.39 is 5.82 Å². The van der Waals surface area contributed by atoms with Gasteiger partial charge in [-0.1, -0.05) is 6.07 Å². The number of nitrogens with zero attached hydrogens (tertiary/aromatic N) is 1. The molecule has 0 aliphatic heterocycles. The highest BCUT2D eigenvalue weighted by Crippen LogP contribution is 2.18. The molecule has 0 saturated heterocycles. The molecule has 0 fully saturated rings. The van der Waals surface area contributed by atoms with Crippen molar-refractivity contribution < 1.29 is 13.9 Å². The topological polar surface area (TPSA) is 79.6 Å². The second kappa shape index (κ2) is 8.47. The number of likely N-dealkylation sites (N-methyl/N-ethyl adjacent to an activating group) is 1. The number of halogens is 1. The van der Waals surface area contributed by atoms with Gasteiger partial charge >= 0.3 is 0 Å². The molecule has 20 heavy (non-hydrogen) atoms. The molecule has 0 aliphatic rings. The Hall–Kier alpha value is -1.70. The van der Waals surface area contributed by atoms with Gasteiger partial charge in [0.2, 0.25) is 0 Å². The van der Waals surface area contributed by atoms with E-state index in [1.54, 1.807) is 7.11 Å². The number of carbonyl (C=O) groups is 1. The van der Waals surface area contributed by atoms with E-state index in [9.17, 15) is 9.18 Å². The summed E-state index contributed by atoms with van der Waals surface area (Å²) in [5, 5.41) is 2.72. The number of anilines is 1. The maximum atomic E-state index is 13.5. The Labute approximate surface area is 118 Å². The van der Waals surface area contributed by atoms with Crippen molar-refractivity contribution in [3.63, 3.8) is 0 Å². The number of nitrogens with two attached hydrogens (primary N) is 1. The summed E-state index contributed by atoms with van der Waals surface area (Å²) in [4.78, 5) is 14.0. The molecule has 0 aromatic heterocycles. The summed E-state index contributed by atoms with van der Waals surface area (Å²) in [6.07, 6.45) is 0. The predicted octanol–water partition coefficient (Wildman–Crippen LogP) is 0.419. The number of nitrogen functional groups attached to an aromatic ring is 1. The molecule has 0 spiro atoms. The number of nitrogens with one attached hydrogen (secondary N) is 2. The van der Waals surface area contributed by atoms with Gasteiger partial charge in [-0.3, -0.25) is 10.6 Å². The molecule has 1 aromatic rings. The van der Waals surface area contributed by atoms with E-state index in [4.69, 9.17) is 10.6 Å². The second-order valence-corrected chi connectivity index (χ2v) is 4.36. The van der Waals surface area contributed by atoms with Crippen molar-refractivity contribution in [3.8, 4) is 0 Å². The van der Waals surface area contributed by atoms with Gasteiger partial charge in [0.25, 0.3) is 5.91 Å². The van der Waals surface area contributed by atoms with Crippen LogP contribution in [0.5, 0.6) is 0 Å². The van der Waals surface area contributed by atoms with Crippen LogP contribution in [-0.4, -0.2) is 51.2 Å². The highest BCUT2D eigenvalue weighted by atomic mass is 19.1. The predicted molar refractivity (Wildman–Crippen MR) is 75.9 cm³/mol. The number of methoxy groups -OCH3 is 1. The highest BCUT2D eigenvalue weighted by molar-refractivity contribution is 5.99. The van der Waals surface area contributed by atoms with Gasteiger partial charge in [-0.25, -0.2) is 4.39 Å². The molecule has 7 heteroatoms. The van der Waals surface area contributed by atoms with Gasteiger partial charge in [0.1, 0.15) is 5.82 Å². The number of rotatable bonds is 8. The largest absolute Gasteiger partial charge is 0.383 e. The number of amides is 1. The Balaban J connectivity index is 2.49. The minimum absolute atomic E-state index is 0.00209. The standard InChI is InChI=1S/C13H21FN4O2/c1-18(8-9-20-2)7-6-16-13(19)10-4-3-5-11(14)12(10)17-15/h3-5,17H,6-9,15H2,1-2H3,(H,16,19). The molecular weight excluding hydrogens is 263 g/mol. The van der Waals surface area contributed by atoms with Gasteiger partial charge in [0.05, 0.1) is 17.9 Å². The lowest BCUT2D eigenvalue weighted by atomic mass is 10.1. The summed E-state index contributed by atoms with van der Waals surface area (Å²) in [6.45, 7) is 2.55. The van der Waals surface area contributed by atoms with E-state index >= 15 is 0 Å². The lowest BCUT2D eigenvalue weighted by Crippen LogP contribution is -2.34. The Morgan fingerprint density at radius 2 is 2.20 bits per heavy atom. The molecule has 0 bridgehead atoms. The quantitative estimate of drug-likeness (QED) is 0.476. The molecule has 1 rings (SSSR count). The third-order valence-electron chi connectivity index (χ3n) is 2.86. The Morgan fingerprint density at radius 1 is 1.45 bits per heavy atom. The van der Waals surface area contributed by atoms with Crippen molar-refractivity contribution in [2.45, 2.75) is 0 Å². The lowest BCUT2D eigenvalue weighted by Gasteiger charge is -2.16. The molecule has 1 aromatic carbocycles. The summed E-state index contributed by atoms with van der Waals surface area (Å²) in [7, 11) is 3.57. The number of hydrogen-bond donors (Lipinski definition) is 3. The molecule has 0 unspecified atom stereocenters. The first-order chi connectivity index (χ1) is 9.60. The lowest BCUT2D eigenvalue weighted by molar-refractivity contribution is 0.0948. The average Bonchev–Trinajstić information content (AvgIpc) is 2.44. The zero-order valence-corrected chi connectivity index (χ0v) is 11.8. The van der Waals surface area contributed by atoms with E-state index in [1.807, 2.05) is 11.9 Å². The number of hydrazine groups is 1. The van der Waals surface area contributed by atoms with Crippen molar-refractivity contribution in [2.75, 3.05) is 45.8 Å². The Bertz CT molecular complexity index is 442. The minimum atomic E-state index is -0.558. The molecule has 0 aliphatic carbocycles. The fraction of sp³-hybridized carbons (Fsp3) is 0.462. The molecule has 112 valence electrons. The first-order valence-electron chi connectivity index (χ1n) is 6.31. The molecule has 4 N–H and O–H groups in total. The van der Waals surface area contributed by atoms with Crippen LogP contribution in [0.1, 0.15) is 10.4 Å². The van der Waals surface area contributed by atoms with Crippen molar-refractivity contribution >= 4 is 11.6 Å². The van der Waals surface area contributed by atoms with E-state index in [1.165, 1.54) is 18.2 Å². The fourth-order valence-electron chi connectivity index (χ4n) is 1.67. The van der Waals surface area contributed by atoms with Crippen LogP contribution >= 0.6 is 0 Å². The zero-order chi connectivity index (χ0) is 15.0. The molecular formula is C13H21FN4O2. The smallest absolute Gasteiger partial charge is 0.253 e. The van der Waals surface area contributed by atoms with Crippen LogP contribution in [0.3, 0.4) is 0 Å². The van der Waals surface area contributed by atoms with Gasteiger partial charge < -0.3 is 20.4 Å². The van der Waals surface area contributed by atoms with Gasteiger partial charge in [-0.15, -0.1) is 0 Å². The first-order valence-corrected chi connectivity index (χ1v) is 6.31. The number of para-hydroxylation sites is 1. The summed E-state index contributed by atoms with van der Waals surface area (Å²) < 4.78 is 18.4. The Morgan fingerprint density at radius 3 is 2.85 bits per heavy atom. The summed E-state index contributed by atoms with van der Waals surface area (Å²) in [5.74, 6) is 4.31. The maximum Gasteiger partial charge on any atom is 0.253 e. The third kappa shape index (κ3) is 4.76. The van der Waals surface area contributed by atoms with Crippen LogP contribution < -0.4 is 16.6 Å². The number of benzene rings is 1.